The Morgan fingerprint density at radius 3 is 2.56 bits per heavy atom. The zero-order chi connectivity index (χ0) is 13.8. The van der Waals surface area contributed by atoms with Crippen LogP contribution < -0.4 is 0 Å². The number of hydrogen-bond acceptors (Lipinski definition) is 1. The lowest BCUT2D eigenvalue weighted by atomic mass is 9.90. The van der Waals surface area contributed by atoms with Gasteiger partial charge in [-0.3, -0.25) is 4.79 Å². The molecule has 2 nitrogen and oxygen atoms in total. The van der Waals surface area contributed by atoms with Crippen LogP contribution in [-0.4, -0.2) is 11.1 Å². The van der Waals surface area contributed by atoms with Crippen molar-refractivity contribution in [3.63, 3.8) is 0 Å². The Balaban J connectivity index is 3.01. The average molecular weight is 260 g/mol. The van der Waals surface area contributed by atoms with E-state index in [-0.39, 0.29) is 12.3 Å². The summed E-state index contributed by atoms with van der Waals surface area (Å²) < 4.78 is 37.7. The number of rotatable bonds is 5. The van der Waals surface area contributed by atoms with Crippen molar-refractivity contribution >= 4 is 5.97 Å². The molecule has 5 heteroatoms. The Labute approximate surface area is 103 Å². The van der Waals surface area contributed by atoms with Gasteiger partial charge in [0.15, 0.2) is 0 Å². The van der Waals surface area contributed by atoms with Gasteiger partial charge in [-0.1, -0.05) is 31.5 Å². The first-order chi connectivity index (χ1) is 8.34. The van der Waals surface area contributed by atoms with Crippen molar-refractivity contribution in [1.82, 2.24) is 0 Å². The van der Waals surface area contributed by atoms with Crippen LogP contribution >= 0.6 is 0 Å². The highest BCUT2D eigenvalue weighted by molar-refractivity contribution is 5.68. The lowest BCUT2D eigenvalue weighted by molar-refractivity contribution is -0.138. The maximum atomic E-state index is 12.6. The molecule has 0 aliphatic rings. The molecule has 0 saturated carbocycles. The maximum Gasteiger partial charge on any atom is 0.416 e. The lowest BCUT2D eigenvalue weighted by Crippen LogP contribution is -2.09. The number of carbonyl (C=O) groups is 1. The summed E-state index contributed by atoms with van der Waals surface area (Å²) in [5.41, 5.74) is -0.291. The fraction of sp³-hybridized carbons (Fsp3) is 0.462. The fourth-order valence-corrected chi connectivity index (χ4v) is 1.91. The van der Waals surface area contributed by atoms with Gasteiger partial charge in [-0.05, 0) is 24.0 Å². The topological polar surface area (TPSA) is 37.3 Å². The third-order valence-electron chi connectivity index (χ3n) is 2.74. The molecule has 1 rings (SSSR count). The van der Waals surface area contributed by atoms with Crippen LogP contribution in [0.4, 0.5) is 13.2 Å². The van der Waals surface area contributed by atoms with Crippen LogP contribution in [0.3, 0.4) is 0 Å². The lowest BCUT2D eigenvalue weighted by Gasteiger charge is -2.16. The van der Waals surface area contributed by atoms with Gasteiger partial charge < -0.3 is 5.11 Å². The van der Waals surface area contributed by atoms with E-state index in [1.54, 1.807) is 6.07 Å². The Hall–Kier alpha value is -1.52. The molecule has 0 radical (unpaired) electrons. The molecular weight excluding hydrogens is 245 g/mol. The van der Waals surface area contributed by atoms with E-state index in [1.807, 2.05) is 6.92 Å². The first kappa shape index (κ1) is 14.5. The summed E-state index contributed by atoms with van der Waals surface area (Å²) in [6, 6.07) is 4.91. The zero-order valence-electron chi connectivity index (χ0n) is 10.00. The van der Waals surface area contributed by atoms with Crippen molar-refractivity contribution in [2.24, 2.45) is 0 Å². The van der Waals surface area contributed by atoms with Gasteiger partial charge >= 0.3 is 12.1 Å². The van der Waals surface area contributed by atoms with Crippen molar-refractivity contribution in [2.45, 2.75) is 38.3 Å². The van der Waals surface area contributed by atoms with Crippen molar-refractivity contribution in [2.75, 3.05) is 0 Å². The smallest absolute Gasteiger partial charge is 0.416 e. The first-order valence-electron chi connectivity index (χ1n) is 5.73. The standard InChI is InChI=1S/C13H15F3O2/c1-2-4-9(8-12(17)18)10-5-3-6-11(7-10)13(14,15)16/h3,5-7,9H,2,4,8H2,1H3,(H,17,18). The van der Waals surface area contributed by atoms with Gasteiger partial charge in [0.05, 0.1) is 12.0 Å². The van der Waals surface area contributed by atoms with Crippen molar-refractivity contribution in [3.05, 3.63) is 35.4 Å². The maximum absolute atomic E-state index is 12.6. The van der Waals surface area contributed by atoms with E-state index in [2.05, 4.69) is 0 Å². The van der Waals surface area contributed by atoms with E-state index in [9.17, 15) is 18.0 Å². The summed E-state index contributed by atoms with van der Waals surface area (Å²) in [5.74, 6) is -1.36. The molecule has 0 saturated heterocycles. The van der Waals surface area contributed by atoms with E-state index in [1.165, 1.54) is 6.07 Å². The molecule has 0 spiro atoms. The van der Waals surface area contributed by atoms with E-state index in [0.29, 0.717) is 12.0 Å². The largest absolute Gasteiger partial charge is 0.481 e. The van der Waals surface area contributed by atoms with Crippen LogP contribution in [0.25, 0.3) is 0 Å². The Morgan fingerprint density at radius 1 is 1.39 bits per heavy atom. The van der Waals surface area contributed by atoms with Crippen LogP contribution in [0.15, 0.2) is 24.3 Å². The summed E-state index contributed by atoms with van der Waals surface area (Å²) in [5, 5.41) is 8.78. The number of halogens is 3. The van der Waals surface area contributed by atoms with Crippen LogP contribution in [0, 0.1) is 0 Å². The molecular formula is C13H15F3O2. The predicted molar refractivity (Wildman–Crippen MR) is 61.3 cm³/mol. The molecule has 1 N–H and O–H groups in total. The van der Waals surface area contributed by atoms with Gasteiger partial charge in [-0.2, -0.15) is 13.2 Å². The minimum absolute atomic E-state index is 0.144. The molecule has 0 fully saturated rings. The normalized spacial score (nSPS) is 13.3. The minimum Gasteiger partial charge on any atom is -0.481 e. The summed E-state index contributed by atoms with van der Waals surface area (Å²) in [6.45, 7) is 1.88. The van der Waals surface area contributed by atoms with Crippen molar-refractivity contribution in [1.29, 1.82) is 0 Å². The number of carboxylic acids is 1. The minimum atomic E-state index is -4.39. The average Bonchev–Trinajstić information content (AvgIpc) is 2.27. The fourth-order valence-electron chi connectivity index (χ4n) is 1.91. The molecule has 100 valence electrons. The molecule has 1 atom stereocenters. The number of carboxylic acid groups (broad SMARTS) is 1. The Bertz CT molecular complexity index is 413. The Kier molecular flexibility index (Phi) is 4.76. The second-order valence-corrected chi connectivity index (χ2v) is 4.21. The van der Waals surface area contributed by atoms with E-state index in [4.69, 9.17) is 5.11 Å². The number of alkyl halides is 3. The van der Waals surface area contributed by atoms with Crippen molar-refractivity contribution < 1.29 is 23.1 Å². The molecule has 0 bridgehead atoms. The third kappa shape index (κ3) is 4.05. The highest BCUT2D eigenvalue weighted by Gasteiger charge is 2.31. The molecule has 18 heavy (non-hydrogen) atoms. The van der Waals surface area contributed by atoms with Gasteiger partial charge in [0.1, 0.15) is 0 Å². The highest BCUT2D eigenvalue weighted by Crippen LogP contribution is 2.33. The molecule has 0 heterocycles. The molecule has 1 aromatic rings. The summed E-state index contributed by atoms with van der Waals surface area (Å²) in [6.07, 6.45) is -3.24. The summed E-state index contributed by atoms with van der Waals surface area (Å²) in [4.78, 5) is 10.7. The van der Waals surface area contributed by atoms with Gasteiger partial charge in [0.25, 0.3) is 0 Å². The number of aliphatic carboxylic acids is 1. The SMILES string of the molecule is CCCC(CC(=O)O)c1cccc(C(F)(F)F)c1. The molecule has 1 aromatic carbocycles. The number of benzene rings is 1. The Morgan fingerprint density at radius 2 is 2.06 bits per heavy atom. The van der Waals surface area contributed by atoms with E-state index in [0.717, 1.165) is 18.6 Å². The second-order valence-electron chi connectivity index (χ2n) is 4.21. The first-order valence-corrected chi connectivity index (χ1v) is 5.73. The van der Waals surface area contributed by atoms with Gasteiger partial charge in [0, 0.05) is 0 Å². The zero-order valence-corrected chi connectivity index (χ0v) is 10.00. The van der Waals surface area contributed by atoms with Gasteiger partial charge in [-0.15, -0.1) is 0 Å². The summed E-state index contributed by atoms with van der Waals surface area (Å²) >= 11 is 0. The monoisotopic (exact) mass is 260 g/mol. The van der Waals surface area contributed by atoms with Gasteiger partial charge in [-0.25, -0.2) is 0 Å². The van der Waals surface area contributed by atoms with E-state index < -0.39 is 17.7 Å². The quantitative estimate of drug-likeness (QED) is 0.866. The third-order valence-corrected chi connectivity index (χ3v) is 2.74. The van der Waals surface area contributed by atoms with Crippen LogP contribution in [0.1, 0.15) is 43.2 Å². The molecule has 0 aliphatic heterocycles. The molecule has 0 aliphatic carbocycles. The molecule has 1 unspecified atom stereocenters. The second kappa shape index (κ2) is 5.89. The molecule has 0 amide bonds. The van der Waals surface area contributed by atoms with Crippen LogP contribution in [0.2, 0.25) is 0 Å². The van der Waals surface area contributed by atoms with Gasteiger partial charge in [0.2, 0.25) is 0 Å². The van der Waals surface area contributed by atoms with Crippen LogP contribution in [0.5, 0.6) is 0 Å². The number of hydrogen-bond donors (Lipinski definition) is 1. The van der Waals surface area contributed by atoms with Crippen LogP contribution in [-0.2, 0) is 11.0 Å². The highest BCUT2D eigenvalue weighted by atomic mass is 19.4. The van der Waals surface area contributed by atoms with E-state index >= 15 is 0 Å². The predicted octanol–water partition coefficient (Wildman–Crippen LogP) is 4.06. The summed E-state index contributed by atoms with van der Waals surface area (Å²) in [7, 11) is 0. The molecule has 0 aromatic heterocycles. The van der Waals surface area contributed by atoms with Crippen molar-refractivity contribution in [3.8, 4) is 0 Å².